The van der Waals surface area contributed by atoms with E-state index in [1.165, 1.54) is 24.3 Å². The molecule has 0 saturated carbocycles. The summed E-state index contributed by atoms with van der Waals surface area (Å²) in [4.78, 5) is 21.4. The Balaban J connectivity index is 2.69. The Morgan fingerprint density at radius 2 is 2.11 bits per heavy atom. The first kappa shape index (κ1) is 15.4. The van der Waals surface area contributed by atoms with Crippen molar-refractivity contribution in [3.63, 3.8) is 0 Å². The zero-order valence-corrected chi connectivity index (χ0v) is 11.2. The van der Waals surface area contributed by atoms with Gasteiger partial charge in [0, 0.05) is 4.92 Å². The van der Waals surface area contributed by atoms with Crippen LogP contribution in [0.1, 0.15) is 17.7 Å². The second kappa shape index (κ2) is 7.73. The Kier molecular flexibility index (Phi) is 6.27. The minimum atomic E-state index is -0.500. The van der Waals surface area contributed by atoms with Crippen LogP contribution in [0.15, 0.2) is 24.3 Å². The van der Waals surface area contributed by atoms with Crippen LogP contribution in [0.4, 0.5) is 4.39 Å². The number of carbonyl (C=O) groups excluding carboxylic acids is 1. The number of rotatable bonds is 7. The van der Waals surface area contributed by atoms with Gasteiger partial charge in [0.1, 0.15) is 5.82 Å². The fourth-order valence-electron chi connectivity index (χ4n) is 1.44. The average Bonchev–Trinajstić information content (AvgIpc) is 2.35. The first-order chi connectivity index (χ1) is 9.02. The highest BCUT2D eigenvalue weighted by atomic mass is 32.2. The van der Waals surface area contributed by atoms with E-state index in [1.807, 2.05) is 0 Å². The van der Waals surface area contributed by atoms with Crippen LogP contribution >= 0.6 is 11.8 Å². The van der Waals surface area contributed by atoms with Crippen LogP contribution in [-0.2, 0) is 9.53 Å². The molecule has 0 heterocycles. The predicted molar refractivity (Wildman–Crippen MR) is 70.1 cm³/mol. The van der Waals surface area contributed by atoms with Crippen molar-refractivity contribution in [3.8, 4) is 0 Å². The van der Waals surface area contributed by atoms with Gasteiger partial charge in [0.25, 0.3) is 0 Å². The molecule has 0 N–H and O–H groups in total. The molecular weight excluding hydrogens is 273 g/mol. The van der Waals surface area contributed by atoms with Crippen LogP contribution in [-0.4, -0.2) is 29.8 Å². The van der Waals surface area contributed by atoms with Crippen LogP contribution < -0.4 is 0 Å². The fourth-order valence-corrected chi connectivity index (χ4v) is 2.44. The van der Waals surface area contributed by atoms with Crippen molar-refractivity contribution in [1.82, 2.24) is 0 Å². The maximum atomic E-state index is 12.8. The molecule has 0 saturated heterocycles. The summed E-state index contributed by atoms with van der Waals surface area (Å²) < 4.78 is 17.6. The topological polar surface area (TPSA) is 69.4 Å². The van der Waals surface area contributed by atoms with E-state index >= 15 is 0 Å². The van der Waals surface area contributed by atoms with Crippen LogP contribution in [0.3, 0.4) is 0 Å². The summed E-state index contributed by atoms with van der Waals surface area (Å²) in [6.07, 6.45) is 0. The Hall–Kier alpha value is -1.63. The van der Waals surface area contributed by atoms with Gasteiger partial charge < -0.3 is 4.74 Å². The van der Waals surface area contributed by atoms with Crippen LogP contribution in [0, 0.1) is 15.9 Å². The van der Waals surface area contributed by atoms with Gasteiger partial charge in [0.05, 0.1) is 17.6 Å². The van der Waals surface area contributed by atoms with Gasteiger partial charge in [0.15, 0.2) is 0 Å². The molecule has 1 aromatic rings. The van der Waals surface area contributed by atoms with Gasteiger partial charge in [-0.1, -0.05) is 12.1 Å². The number of ether oxygens (including phenoxy) is 1. The lowest BCUT2D eigenvalue weighted by molar-refractivity contribution is -0.479. The second-order valence-electron chi connectivity index (χ2n) is 3.67. The molecule has 1 unspecified atom stereocenters. The molecule has 5 nitrogen and oxygen atoms in total. The van der Waals surface area contributed by atoms with Gasteiger partial charge in [-0.25, -0.2) is 4.39 Å². The molecule has 1 aromatic carbocycles. The zero-order valence-electron chi connectivity index (χ0n) is 10.4. The van der Waals surface area contributed by atoms with Crippen molar-refractivity contribution in [3.05, 3.63) is 45.8 Å². The number of hydrogen-bond donors (Lipinski definition) is 0. The van der Waals surface area contributed by atoms with Crippen molar-refractivity contribution in [2.24, 2.45) is 0 Å². The fraction of sp³-hybridized carbons (Fsp3) is 0.417. The first-order valence-electron chi connectivity index (χ1n) is 5.67. The third-order valence-corrected chi connectivity index (χ3v) is 3.49. The maximum Gasteiger partial charge on any atom is 0.315 e. The Morgan fingerprint density at radius 1 is 1.47 bits per heavy atom. The van der Waals surface area contributed by atoms with Crippen LogP contribution in [0.2, 0.25) is 0 Å². The molecule has 0 aliphatic carbocycles. The van der Waals surface area contributed by atoms with E-state index in [9.17, 15) is 19.3 Å². The third kappa shape index (κ3) is 5.69. The highest BCUT2D eigenvalue weighted by Crippen LogP contribution is 2.29. The van der Waals surface area contributed by atoms with Crippen molar-refractivity contribution < 1.29 is 18.8 Å². The van der Waals surface area contributed by atoms with Gasteiger partial charge in [-0.3, -0.25) is 14.9 Å². The van der Waals surface area contributed by atoms with Gasteiger partial charge >= 0.3 is 5.97 Å². The summed E-state index contributed by atoms with van der Waals surface area (Å²) in [5.74, 6) is -0.786. The van der Waals surface area contributed by atoms with Crippen LogP contribution in [0.5, 0.6) is 0 Å². The molecule has 104 valence electrons. The van der Waals surface area contributed by atoms with E-state index < -0.39 is 22.0 Å². The molecule has 0 amide bonds. The van der Waals surface area contributed by atoms with E-state index in [2.05, 4.69) is 0 Å². The van der Waals surface area contributed by atoms with E-state index in [0.717, 1.165) is 11.8 Å². The van der Waals surface area contributed by atoms with Crippen molar-refractivity contribution in [2.75, 3.05) is 18.9 Å². The van der Waals surface area contributed by atoms with Gasteiger partial charge in [0.2, 0.25) is 6.54 Å². The number of nitro groups is 1. The molecule has 0 bridgehead atoms. The smallest absolute Gasteiger partial charge is 0.315 e. The molecule has 0 aliphatic heterocycles. The average molecular weight is 287 g/mol. The summed E-state index contributed by atoms with van der Waals surface area (Å²) in [5, 5.41) is 10.1. The second-order valence-corrected chi connectivity index (χ2v) is 4.86. The number of halogens is 1. The largest absolute Gasteiger partial charge is 0.465 e. The quantitative estimate of drug-likeness (QED) is 0.437. The van der Waals surface area contributed by atoms with Crippen molar-refractivity contribution >= 4 is 17.7 Å². The standard InChI is InChI=1S/C12H14FNO4S/c1-2-18-12(15)8-19-11(7-14(16)17)9-3-5-10(13)6-4-9/h3-6,11H,2,7-8H2,1H3. The first-order valence-corrected chi connectivity index (χ1v) is 6.72. The van der Waals surface area contributed by atoms with E-state index in [4.69, 9.17) is 4.74 Å². The summed E-state index contributed by atoms with van der Waals surface area (Å²) in [6.45, 7) is 1.64. The van der Waals surface area contributed by atoms with Crippen molar-refractivity contribution in [2.45, 2.75) is 12.2 Å². The Labute approximate surface area is 114 Å². The molecule has 0 aromatic heterocycles. The molecule has 7 heteroatoms. The number of hydrogen-bond acceptors (Lipinski definition) is 5. The minimum absolute atomic E-state index is 0.0315. The highest BCUT2D eigenvalue weighted by molar-refractivity contribution is 8.00. The van der Waals surface area contributed by atoms with Gasteiger partial charge in [-0.05, 0) is 24.6 Å². The number of carbonyl (C=O) groups is 1. The van der Waals surface area contributed by atoms with Crippen molar-refractivity contribution in [1.29, 1.82) is 0 Å². The van der Waals surface area contributed by atoms with Crippen LogP contribution in [0.25, 0.3) is 0 Å². The lowest BCUT2D eigenvalue weighted by Gasteiger charge is -2.12. The highest BCUT2D eigenvalue weighted by Gasteiger charge is 2.20. The minimum Gasteiger partial charge on any atom is -0.465 e. The molecule has 19 heavy (non-hydrogen) atoms. The number of thioether (sulfide) groups is 1. The van der Waals surface area contributed by atoms with E-state index in [1.54, 1.807) is 6.92 Å². The molecule has 0 aliphatic rings. The third-order valence-electron chi connectivity index (χ3n) is 2.26. The zero-order chi connectivity index (χ0) is 14.3. The molecule has 0 radical (unpaired) electrons. The summed E-state index contributed by atoms with van der Waals surface area (Å²) in [6, 6.07) is 5.46. The molecule has 1 rings (SSSR count). The summed E-state index contributed by atoms with van der Waals surface area (Å²) in [5.41, 5.74) is 0.618. The van der Waals surface area contributed by atoms with Gasteiger partial charge in [-0.2, -0.15) is 0 Å². The monoisotopic (exact) mass is 287 g/mol. The maximum absolute atomic E-state index is 12.8. The molecule has 0 spiro atoms. The number of esters is 1. The predicted octanol–water partition coefficient (Wildman–Crippen LogP) is 2.44. The number of nitrogens with zero attached hydrogens (tertiary/aromatic N) is 1. The van der Waals surface area contributed by atoms with E-state index in [-0.39, 0.29) is 18.9 Å². The Bertz CT molecular complexity index is 438. The summed E-state index contributed by atoms with van der Waals surface area (Å²) >= 11 is 1.12. The number of benzene rings is 1. The SMILES string of the molecule is CCOC(=O)CSC(C[N+](=O)[O-])c1ccc(F)cc1. The normalized spacial score (nSPS) is 11.9. The molecular formula is C12H14FNO4S. The Morgan fingerprint density at radius 3 is 2.63 bits per heavy atom. The molecule has 0 fully saturated rings. The van der Waals surface area contributed by atoms with E-state index in [0.29, 0.717) is 5.56 Å². The lowest BCUT2D eigenvalue weighted by Crippen LogP contribution is -2.14. The van der Waals surface area contributed by atoms with Gasteiger partial charge in [-0.15, -0.1) is 11.8 Å². The molecule has 1 atom stereocenters. The summed E-state index contributed by atoms with van der Waals surface area (Å²) in [7, 11) is 0. The lowest BCUT2D eigenvalue weighted by atomic mass is 10.1.